The summed E-state index contributed by atoms with van der Waals surface area (Å²) in [5, 5.41) is 7.64. The molecule has 0 nitrogen and oxygen atoms in total. The van der Waals surface area contributed by atoms with Crippen molar-refractivity contribution in [1.29, 1.82) is 0 Å². The predicted octanol–water partition coefficient (Wildman–Crippen LogP) is 12.8. The molecule has 1 spiro atoms. The summed E-state index contributed by atoms with van der Waals surface area (Å²) < 4.78 is 0. The maximum atomic E-state index is 2.43. The summed E-state index contributed by atoms with van der Waals surface area (Å²) in [5.74, 6) is 0. The largest absolute Gasteiger partial charge is 0.0731 e. The molecule has 9 aromatic rings. The van der Waals surface area contributed by atoms with Crippen molar-refractivity contribution < 1.29 is 0 Å². The highest BCUT2D eigenvalue weighted by Gasteiger charge is 2.52. The molecule has 0 unspecified atom stereocenters. The predicted molar refractivity (Wildman–Crippen MR) is 206 cm³/mol. The van der Waals surface area contributed by atoms with Gasteiger partial charge in [-0.2, -0.15) is 0 Å². The fraction of sp³-hybridized carbons (Fsp3) is 0.0204. The van der Waals surface area contributed by atoms with Crippen LogP contribution in [0.15, 0.2) is 182 Å². The van der Waals surface area contributed by atoms with Crippen LogP contribution in [-0.2, 0) is 5.41 Å². The van der Waals surface area contributed by atoms with Gasteiger partial charge in [-0.15, -0.1) is 0 Å². The average molecular weight is 619 g/mol. The zero-order valence-corrected chi connectivity index (χ0v) is 26.8. The van der Waals surface area contributed by atoms with Crippen LogP contribution in [0.5, 0.6) is 0 Å². The summed E-state index contributed by atoms with van der Waals surface area (Å²) in [6, 6.07) is 68.1. The van der Waals surface area contributed by atoms with Crippen LogP contribution in [0.3, 0.4) is 0 Å². The van der Waals surface area contributed by atoms with Crippen LogP contribution >= 0.6 is 0 Å². The van der Waals surface area contributed by atoms with Crippen molar-refractivity contribution in [3.8, 4) is 44.5 Å². The minimum absolute atomic E-state index is 0.389. The van der Waals surface area contributed by atoms with Gasteiger partial charge in [0.25, 0.3) is 0 Å². The molecule has 0 bridgehead atoms. The molecule has 49 heavy (non-hydrogen) atoms. The lowest BCUT2D eigenvalue weighted by Crippen LogP contribution is -2.26. The van der Waals surface area contributed by atoms with Crippen molar-refractivity contribution in [3.05, 3.63) is 204 Å². The van der Waals surface area contributed by atoms with Gasteiger partial charge in [0, 0.05) is 0 Å². The molecule has 9 aromatic carbocycles. The van der Waals surface area contributed by atoms with Crippen LogP contribution in [0.25, 0.3) is 76.8 Å². The lowest BCUT2D eigenvalue weighted by atomic mass is 9.69. The highest BCUT2D eigenvalue weighted by Crippen LogP contribution is 2.65. The van der Waals surface area contributed by atoms with E-state index in [9.17, 15) is 0 Å². The monoisotopic (exact) mass is 618 g/mol. The maximum absolute atomic E-state index is 2.43. The van der Waals surface area contributed by atoms with E-state index in [2.05, 4.69) is 182 Å². The molecule has 2 aliphatic carbocycles. The van der Waals surface area contributed by atoms with Crippen LogP contribution in [-0.4, -0.2) is 0 Å². The standard InChI is InChI=1S/C49H30/c1-2-12-32-27-33(22-21-31(32)11-1)34-23-24-36-29-38(26-25-35(36)28-34)43-30-37-13-3-4-14-39(37)48-47(43)42-17-7-10-20-46(42)49(48)44-18-8-5-15-40(44)41-16-6-9-19-45(41)49/h1-30H. The first-order valence-corrected chi connectivity index (χ1v) is 17.2. The van der Waals surface area contributed by atoms with Gasteiger partial charge in [-0.05, 0) is 123 Å². The Labute approximate surface area is 285 Å². The molecule has 0 aliphatic heterocycles. The molecule has 0 heterocycles. The molecule has 0 radical (unpaired) electrons. The fourth-order valence-corrected chi connectivity index (χ4v) is 9.16. The molecule has 226 valence electrons. The Bertz CT molecular complexity index is 2790. The van der Waals surface area contributed by atoms with Crippen molar-refractivity contribution in [1.82, 2.24) is 0 Å². The van der Waals surface area contributed by atoms with Gasteiger partial charge in [-0.3, -0.25) is 0 Å². The Morgan fingerprint density at radius 3 is 1.41 bits per heavy atom. The number of hydrogen-bond donors (Lipinski definition) is 0. The topological polar surface area (TPSA) is 0 Å². The molecule has 0 saturated carbocycles. The summed E-state index contributed by atoms with van der Waals surface area (Å²) in [5.41, 5.74) is 15.5. The van der Waals surface area contributed by atoms with E-state index >= 15 is 0 Å². The quantitative estimate of drug-likeness (QED) is 0.181. The van der Waals surface area contributed by atoms with Crippen molar-refractivity contribution in [2.75, 3.05) is 0 Å². The number of fused-ring (bicyclic) bond motifs is 14. The minimum atomic E-state index is -0.389. The third-order valence-electron chi connectivity index (χ3n) is 11.2. The van der Waals surface area contributed by atoms with E-state index in [0.29, 0.717) is 0 Å². The summed E-state index contributed by atoms with van der Waals surface area (Å²) >= 11 is 0. The molecule has 0 aromatic heterocycles. The van der Waals surface area contributed by atoms with Gasteiger partial charge < -0.3 is 0 Å². The van der Waals surface area contributed by atoms with Gasteiger partial charge in [-0.25, -0.2) is 0 Å². The Kier molecular flexibility index (Phi) is 5.41. The van der Waals surface area contributed by atoms with Crippen LogP contribution in [0, 0.1) is 0 Å². The molecule has 0 N–H and O–H groups in total. The second-order valence-electron chi connectivity index (χ2n) is 13.6. The van der Waals surface area contributed by atoms with Crippen LogP contribution in [0.1, 0.15) is 22.3 Å². The second kappa shape index (κ2) is 9.89. The van der Waals surface area contributed by atoms with Crippen LogP contribution in [0.2, 0.25) is 0 Å². The zero-order valence-electron chi connectivity index (χ0n) is 26.8. The first-order valence-electron chi connectivity index (χ1n) is 17.2. The van der Waals surface area contributed by atoms with Crippen molar-refractivity contribution >= 4 is 32.3 Å². The van der Waals surface area contributed by atoms with Gasteiger partial charge in [0.1, 0.15) is 0 Å². The van der Waals surface area contributed by atoms with E-state index in [4.69, 9.17) is 0 Å². The normalized spacial score (nSPS) is 13.5. The third kappa shape index (κ3) is 3.58. The summed E-state index contributed by atoms with van der Waals surface area (Å²) in [6.45, 7) is 0. The molecule has 0 saturated heterocycles. The van der Waals surface area contributed by atoms with Crippen molar-refractivity contribution in [2.45, 2.75) is 5.41 Å². The Hall–Kier alpha value is -6.24. The number of benzene rings is 9. The van der Waals surface area contributed by atoms with E-state index in [1.165, 1.54) is 99.1 Å². The Morgan fingerprint density at radius 1 is 0.286 bits per heavy atom. The first kappa shape index (κ1) is 26.8. The summed E-state index contributed by atoms with van der Waals surface area (Å²) in [4.78, 5) is 0. The van der Waals surface area contributed by atoms with Gasteiger partial charge >= 0.3 is 0 Å². The molecule has 11 rings (SSSR count). The SMILES string of the molecule is c1ccc2c(c1)-c1ccccc1C21c2ccccc2-c2c(-c3ccc4cc(-c5ccc6ccccc6c5)ccc4c3)cc3ccccc3c21. The highest BCUT2D eigenvalue weighted by molar-refractivity contribution is 6.09. The van der Waals surface area contributed by atoms with E-state index < -0.39 is 0 Å². The minimum Gasteiger partial charge on any atom is -0.0619 e. The number of hydrogen-bond acceptors (Lipinski definition) is 0. The molecular weight excluding hydrogens is 589 g/mol. The Balaban J connectivity index is 1.17. The van der Waals surface area contributed by atoms with Gasteiger partial charge in [0.05, 0.1) is 5.41 Å². The van der Waals surface area contributed by atoms with Crippen molar-refractivity contribution in [3.63, 3.8) is 0 Å². The Morgan fingerprint density at radius 2 is 0.735 bits per heavy atom. The second-order valence-corrected chi connectivity index (χ2v) is 13.6. The molecule has 2 aliphatic rings. The molecule has 0 atom stereocenters. The lowest BCUT2D eigenvalue weighted by molar-refractivity contribution is 0.801. The highest BCUT2D eigenvalue weighted by atomic mass is 14.5. The van der Waals surface area contributed by atoms with Crippen LogP contribution < -0.4 is 0 Å². The summed E-state index contributed by atoms with van der Waals surface area (Å²) in [7, 11) is 0. The molecule has 0 amide bonds. The van der Waals surface area contributed by atoms with Crippen LogP contribution in [0.4, 0.5) is 0 Å². The van der Waals surface area contributed by atoms with Gasteiger partial charge in [-0.1, -0.05) is 158 Å². The van der Waals surface area contributed by atoms with E-state index in [1.54, 1.807) is 0 Å². The molecule has 0 heteroatoms. The molecule has 0 fully saturated rings. The third-order valence-corrected chi connectivity index (χ3v) is 11.2. The van der Waals surface area contributed by atoms with Gasteiger partial charge in [0.2, 0.25) is 0 Å². The maximum Gasteiger partial charge on any atom is 0.0731 e. The summed E-state index contributed by atoms with van der Waals surface area (Å²) in [6.07, 6.45) is 0. The number of rotatable bonds is 2. The smallest absolute Gasteiger partial charge is 0.0619 e. The molecular formula is C49H30. The zero-order chi connectivity index (χ0) is 32.1. The fourth-order valence-electron chi connectivity index (χ4n) is 9.16. The lowest BCUT2D eigenvalue weighted by Gasteiger charge is -2.31. The first-order chi connectivity index (χ1) is 24.3. The van der Waals surface area contributed by atoms with Gasteiger partial charge in [0.15, 0.2) is 0 Å². The van der Waals surface area contributed by atoms with E-state index in [1.807, 2.05) is 0 Å². The van der Waals surface area contributed by atoms with E-state index in [0.717, 1.165) is 0 Å². The van der Waals surface area contributed by atoms with Crippen molar-refractivity contribution in [2.24, 2.45) is 0 Å². The van der Waals surface area contributed by atoms with E-state index in [-0.39, 0.29) is 5.41 Å². The average Bonchev–Trinajstić information content (AvgIpc) is 3.65.